The summed E-state index contributed by atoms with van der Waals surface area (Å²) in [6.45, 7) is 1.62. The Bertz CT molecular complexity index is 608. The van der Waals surface area contributed by atoms with Gasteiger partial charge in [-0.05, 0) is 31.5 Å². The van der Waals surface area contributed by atoms with E-state index in [1.807, 2.05) is 0 Å². The number of piperidine rings is 1. The number of para-hydroxylation sites is 1. The van der Waals surface area contributed by atoms with Crippen molar-refractivity contribution in [2.24, 2.45) is 0 Å². The molecule has 0 amide bonds. The second kappa shape index (κ2) is 4.49. The van der Waals surface area contributed by atoms with Crippen LogP contribution in [0.5, 0.6) is 5.75 Å². The first-order valence-electron chi connectivity index (χ1n) is 6.39. The highest BCUT2D eigenvalue weighted by atomic mass is 16.3. The summed E-state index contributed by atoms with van der Waals surface area (Å²) >= 11 is 0. The van der Waals surface area contributed by atoms with Crippen molar-refractivity contribution in [1.29, 1.82) is 0 Å². The highest BCUT2D eigenvalue weighted by molar-refractivity contribution is 5.81. The van der Waals surface area contributed by atoms with E-state index in [-0.39, 0.29) is 11.4 Å². The number of nitrogens with zero attached hydrogens (tertiary/aromatic N) is 1. The Morgan fingerprint density at radius 3 is 3.06 bits per heavy atom. The lowest BCUT2D eigenvalue weighted by Gasteiger charge is -2.23. The van der Waals surface area contributed by atoms with Gasteiger partial charge in [0.25, 0.3) is 0 Å². The molecule has 0 saturated carbocycles. The number of nitrogens with one attached hydrogen (secondary N) is 2. The molecule has 1 atom stereocenters. The third-order valence-corrected chi connectivity index (χ3v) is 3.59. The molecule has 3 N–H and O–H groups in total. The zero-order valence-corrected chi connectivity index (χ0v) is 10.1. The summed E-state index contributed by atoms with van der Waals surface area (Å²) in [5.41, 5.74) is 1.14. The quantitative estimate of drug-likeness (QED) is 0.746. The van der Waals surface area contributed by atoms with Crippen LogP contribution < -0.4 is 11.0 Å². The molecule has 0 radical (unpaired) electrons. The first kappa shape index (κ1) is 11.3. The minimum Gasteiger partial charge on any atom is -0.506 e. The molecule has 1 fully saturated rings. The lowest BCUT2D eigenvalue weighted by molar-refractivity contribution is 0.362. The molecule has 96 valence electrons. The van der Waals surface area contributed by atoms with Gasteiger partial charge in [-0.25, -0.2) is 4.79 Å². The van der Waals surface area contributed by atoms with Gasteiger partial charge in [0, 0.05) is 12.6 Å². The molecule has 2 heterocycles. The number of benzene rings is 1. The zero-order valence-electron chi connectivity index (χ0n) is 10.1. The minimum atomic E-state index is -0.154. The average Bonchev–Trinajstić information content (AvgIpc) is 2.69. The number of fused-ring (bicyclic) bond motifs is 1. The predicted octanol–water partition coefficient (Wildman–Crippen LogP) is 1.18. The topological polar surface area (TPSA) is 70.0 Å². The molecular weight excluding hydrogens is 230 g/mol. The van der Waals surface area contributed by atoms with Crippen LogP contribution in [-0.2, 0) is 6.54 Å². The van der Waals surface area contributed by atoms with E-state index < -0.39 is 0 Å². The van der Waals surface area contributed by atoms with Crippen molar-refractivity contribution < 1.29 is 5.11 Å². The van der Waals surface area contributed by atoms with Gasteiger partial charge >= 0.3 is 5.69 Å². The number of phenolic OH excluding ortho intramolecular Hbond substituents is 1. The number of imidazole rings is 1. The van der Waals surface area contributed by atoms with Gasteiger partial charge in [-0.2, -0.15) is 0 Å². The third kappa shape index (κ3) is 1.90. The Morgan fingerprint density at radius 1 is 1.39 bits per heavy atom. The summed E-state index contributed by atoms with van der Waals surface area (Å²) in [6, 6.07) is 5.47. The monoisotopic (exact) mass is 247 g/mol. The van der Waals surface area contributed by atoms with Crippen LogP contribution in [0.3, 0.4) is 0 Å². The van der Waals surface area contributed by atoms with E-state index in [0.29, 0.717) is 23.6 Å². The van der Waals surface area contributed by atoms with Gasteiger partial charge in [-0.15, -0.1) is 0 Å². The van der Waals surface area contributed by atoms with Gasteiger partial charge in [0.15, 0.2) is 0 Å². The maximum Gasteiger partial charge on any atom is 0.326 e. The van der Waals surface area contributed by atoms with Crippen LogP contribution in [-0.4, -0.2) is 27.2 Å². The number of phenols is 1. The first-order valence-corrected chi connectivity index (χ1v) is 6.39. The van der Waals surface area contributed by atoms with Gasteiger partial charge in [0.2, 0.25) is 0 Å². The highest BCUT2D eigenvalue weighted by Crippen LogP contribution is 2.22. The molecule has 0 spiro atoms. The number of aromatic hydroxyl groups is 1. The Labute approximate surface area is 104 Å². The first-order chi connectivity index (χ1) is 8.75. The van der Waals surface area contributed by atoms with Gasteiger partial charge < -0.3 is 15.4 Å². The van der Waals surface area contributed by atoms with Crippen molar-refractivity contribution in [2.75, 3.05) is 6.54 Å². The fourth-order valence-electron chi connectivity index (χ4n) is 2.67. The Hall–Kier alpha value is -1.75. The second-order valence-electron chi connectivity index (χ2n) is 4.86. The number of aromatic amines is 1. The molecular formula is C13H17N3O2. The summed E-state index contributed by atoms with van der Waals surface area (Å²) in [5.74, 6) is 0.154. The fourth-order valence-corrected chi connectivity index (χ4v) is 2.67. The van der Waals surface area contributed by atoms with Crippen molar-refractivity contribution in [3.05, 3.63) is 28.7 Å². The normalized spacial score (nSPS) is 20.3. The number of hydrogen-bond donors (Lipinski definition) is 3. The molecule has 3 rings (SSSR count). The molecule has 1 unspecified atom stereocenters. The lowest BCUT2D eigenvalue weighted by atomic mass is 10.1. The molecule has 2 aromatic rings. The van der Waals surface area contributed by atoms with E-state index in [9.17, 15) is 9.90 Å². The smallest absolute Gasteiger partial charge is 0.326 e. The molecule has 1 aliphatic heterocycles. The SMILES string of the molecule is O=c1[nH]c2cccc(O)c2n1CC1CCCCN1. The summed E-state index contributed by atoms with van der Waals surface area (Å²) in [7, 11) is 0. The van der Waals surface area contributed by atoms with Crippen molar-refractivity contribution in [2.45, 2.75) is 31.8 Å². The van der Waals surface area contributed by atoms with Crippen LogP contribution in [0.2, 0.25) is 0 Å². The molecule has 5 heteroatoms. The number of rotatable bonds is 2. The molecule has 1 aliphatic rings. The predicted molar refractivity (Wildman–Crippen MR) is 69.9 cm³/mol. The minimum absolute atomic E-state index is 0.154. The van der Waals surface area contributed by atoms with Gasteiger partial charge in [0.1, 0.15) is 11.3 Å². The third-order valence-electron chi connectivity index (χ3n) is 3.59. The van der Waals surface area contributed by atoms with Crippen LogP contribution in [0.25, 0.3) is 11.0 Å². The van der Waals surface area contributed by atoms with Crippen LogP contribution >= 0.6 is 0 Å². The second-order valence-corrected chi connectivity index (χ2v) is 4.86. The zero-order chi connectivity index (χ0) is 12.5. The number of aromatic nitrogens is 2. The molecule has 5 nitrogen and oxygen atoms in total. The molecule has 1 aromatic carbocycles. The Morgan fingerprint density at radius 2 is 2.28 bits per heavy atom. The van der Waals surface area contributed by atoms with E-state index in [4.69, 9.17) is 0 Å². The molecule has 1 saturated heterocycles. The van der Waals surface area contributed by atoms with Crippen LogP contribution in [0.4, 0.5) is 0 Å². The van der Waals surface area contributed by atoms with E-state index in [1.165, 1.54) is 12.8 Å². The molecule has 18 heavy (non-hydrogen) atoms. The van der Waals surface area contributed by atoms with Crippen LogP contribution in [0.15, 0.2) is 23.0 Å². The van der Waals surface area contributed by atoms with Gasteiger partial charge in [0.05, 0.1) is 5.52 Å². The fraction of sp³-hybridized carbons (Fsp3) is 0.462. The van der Waals surface area contributed by atoms with Crippen molar-refractivity contribution in [3.63, 3.8) is 0 Å². The van der Waals surface area contributed by atoms with Crippen molar-refractivity contribution in [1.82, 2.24) is 14.9 Å². The standard InChI is InChI=1S/C13H17N3O2/c17-11-6-3-5-10-12(11)16(13(18)15-10)8-9-4-1-2-7-14-9/h3,5-6,9,14,17H,1-2,4,7-8H2,(H,15,18). The molecule has 0 bridgehead atoms. The van der Waals surface area contributed by atoms with E-state index in [2.05, 4.69) is 10.3 Å². The Kier molecular flexibility index (Phi) is 2.83. The highest BCUT2D eigenvalue weighted by Gasteiger charge is 2.17. The Balaban J connectivity index is 2.00. The number of hydrogen-bond acceptors (Lipinski definition) is 3. The largest absolute Gasteiger partial charge is 0.506 e. The van der Waals surface area contributed by atoms with E-state index in [1.54, 1.807) is 22.8 Å². The summed E-state index contributed by atoms with van der Waals surface area (Å²) in [5, 5.41) is 13.3. The van der Waals surface area contributed by atoms with E-state index in [0.717, 1.165) is 13.0 Å². The summed E-state index contributed by atoms with van der Waals surface area (Å²) < 4.78 is 1.63. The van der Waals surface area contributed by atoms with Crippen LogP contribution in [0.1, 0.15) is 19.3 Å². The lowest BCUT2D eigenvalue weighted by Crippen LogP contribution is -2.39. The molecule has 1 aromatic heterocycles. The van der Waals surface area contributed by atoms with E-state index >= 15 is 0 Å². The van der Waals surface area contributed by atoms with Crippen molar-refractivity contribution in [3.8, 4) is 5.75 Å². The van der Waals surface area contributed by atoms with Crippen molar-refractivity contribution >= 4 is 11.0 Å². The molecule has 0 aliphatic carbocycles. The van der Waals surface area contributed by atoms with Gasteiger partial charge in [-0.1, -0.05) is 12.5 Å². The average molecular weight is 247 g/mol. The number of H-pyrrole nitrogens is 1. The maximum absolute atomic E-state index is 11.9. The van der Waals surface area contributed by atoms with Gasteiger partial charge in [-0.3, -0.25) is 4.57 Å². The van der Waals surface area contributed by atoms with Crippen LogP contribution in [0, 0.1) is 0 Å². The summed E-state index contributed by atoms with van der Waals surface area (Å²) in [6.07, 6.45) is 3.47. The maximum atomic E-state index is 11.9. The summed E-state index contributed by atoms with van der Waals surface area (Å²) in [4.78, 5) is 14.7.